The van der Waals surface area contributed by atoms with E-state index in [1.54, 1.807) is 32.1 Å². The van der Waals surface area contributed by atoms with Crippen LogP contribution in [0.4, 0.5) is 0 Å². The first-order valence-electron chi connectivity index (χ1n) is 12.0. The van der Waals surface area contributed by atoms with Gasteiger partial charge in [0.2, 0.25) is 0 Å². The molecule has 11 nitrogen and oxygen atoms in total. The molecule has 1 N–H and O–H groups in total. The second-order valence-electron chi connectivity index (χ2n) is 8.63. The molecule has 0 fully saturated rings. The van der Waals surface area contributed by atoms with E-state index in [4.69, 9.17) is 14.2 Å². The first kappa shape index (κ1) is 28.2. The molecule has 40 heavy (non-hydrogen) atoms. The van der Waals surface area contributed by atoms with Gasteiger partial charge in [0.05, 0.1) is 34.0 Å². The summed E-state index contributed by atoms with van der Waals surface area (Å²) in [5.41, 5.74) is 0.812. The SMILES string of the molecule is CCOC(=O)C1=C(C)N=c2sc(=Cc3ccc(OC(C)=O)c(OC(C)=O)c3)c(=O)n2C1c1cccc(C(=O)O)c1. The van der Waals surface area contributed by atoms with Crippen LogP contribution < -0.4 is 24.4 Å². The second-order valence-corrected chi connectivity index (χ2v) is 9.64. The highest BCUT2D eigenvalue weighted by atomic mass is 32.1. The molecule has 1 aliphatic heterocycles. The van der Waals surface area contributed by atoms with Crippen molar-refractivity contribution in [2.45, 2.75) is 33.7 Å². The lowest BCUT2D eigenvalue weighted by Gasteiger charge is -2.24. The molecular formula is C28H24N2O9S. The van der Waals surface area contributed by atoms with Gasteiger partial charge in [-0.25, -0.2) is 14.6 Å². The van der Waals surface area contributed by atoms with Crippen LogP contribution in [0.15, 0.2) is 63.5 Å². The van der Waals surface area contributed by atoms with Crippen molar-refractivity contribution in [1.82, 2.24) is 4.57 Å². The largest absolute Gasteiger partial charge is 0.478 e. The van der Waals surface area contributed by atoms with Crippen molar-refractivity contribution in [3.63, 3.8) is 0 Å². The van der Waals surface area contributed by atoms with E-state index in [9.17, 15) is 29.1 Å². The van der Waals surface area contributed by atoms with Crippen LogP contribution in [0.5, 0.6) is 11.5 Å². The van der Waals surface area contributed by atoms with E-state index in [-0.39, 0.29) is 33.8 Å². The Bertz CT molecular complexity index is 1760. The highest BCUT2D eigenvalue weighted by Gasteiger charge is 2.33. The molecule has 1 aromatic heterocycles. The Morgan fingerprint density at radius 3 is 2.40 bits per heavy atom. The predicted octanol–water partition coefficient (Wildman–Crippen LogP) is 2.35. The molecule has 1 aliphatic rings. The Balaban J connectivity index is 1.92. The minimum absolute atomic E-state index is 0.00645. The van der Waals surface area contributed by atoms with Crippen molar-refractivity contribution in [3.05, 3.63) is 90.1 Å². The number of carbonyl (C=O) groups excluding carboxylic acids is 3. The number of ether oxygens (including phenoxy) is 3. The van der Waals surface area contributed by atoms with Gasteiger partial charge in [-0.1, -0.05) is 29.5 Å². The summed E-state index contributed by atoms with van der Waals surface area (Å²) in [5.74, 6) is -3.03. The minimum atomic E-state index is -1.16. The summed E-state index contributed by atoms with van der Waals surface area (Å²) in [7, 11) is 0. The number of carboxylic acid groups (broad SMARTS) is 1. The molecular weight excluding hydrogens is 540 g/mol. The highest BCUT2D eigenvalue weighted by molar-refractivity contribution is 7.07. The van der Waals surface area contributed by atoms with E-state index < -0.39 is 35.5 Å². The smallest absolute Gasteiger partial charge is 0.338 e. The number of fused-ring (bicyclic) bond motifs is 1. The van der Waals surface area contributed by atoms with Crippen molar-refractivity contribution in [1.29, 1.82) is 0 Å². The van der Waals surface area contributed by atoms with Crippen molar-refractivity contribution in [2.75, 3.05) is 6.61 Å². The molecule has 1 unspecified atom stereocenters. The molecule has 4 rings (SSSR count). The van der Waals surface area contributed by atoms with Crippen LogP contribution in [0, 0.1) is 0 Å². The van der Waals surface area contributed by atoms with Crippen LogP contribution in [0.1, 0.15) is 55.2 Å². The summed E-state index contributed by atoms with van der Waals surface area (Å²) in [6.07, 6.45) is 1.54. The van der Waals surface area contributed by atoms with Gasteiger partial charge < -0.3 is 19.3 Å². The summed E-state index contributed by atoms with van der Waals surface area (Å²) in [4.78, 5) is 66.3. The maximum Gasteiger partial charge on any atom is 0.338 e. The maximum atomic E-state index is 13.8. The van der Waals surface area contributed by atoms with Gasteiger partial charge in [0, 0.05) is 13.8 Å². The van der Waals surface area contributed by atoms with Crippen molar-refractivity contribution >= 4 is 41.3 Å². The number of benzene rings is 2. The average molecular weight is 565 g/mol. The Morgan fingerprint density at radius 1 is 1.05 bits per heavy atom. The van der Waals surface area contributed by atoms with Gasteiger partial charge in [0.1, 0.15) is 0 Å². The zero-order valence-electron chi connectivity index (χ0n) is 21.9. The number of esters is 3. The molecule has 0 saturated heterocycles. The first-order valence-corrected chi connectivity index (χ1v) is 12.9. The molecule has 0 radical (unpaired) electrons. The van der Waals surface area contributed by atoms with Crippen LogP contribution in [-0.4, -0.2) is 40.2 Å². The number of hydrogen-bond acceptors (Lipinski definition) is 10. The molecule has 0 spiro atoms. The summed E-state index contributed by atoms with van der Waals surface area (Å²) in [6, 6.07) is 9.45. The number of nitrogens with zero attached hydrogens (tertiary/aromatic N) is 2. The third kappa shape index (κ3) is 5.76. The second kappa shape index (κ2) is 11.5. The number of carbonyl (C=O) groups is 4. The van der Waals surface area contributed by atoms with E-state index in [0.29, 0.717) is 21.6 Å². The fourth-order valence-electron chi connectivity index (χ4n) is 4.19. The zero-order chi connectivity index (χ0) is 29.1. The molecule has 2 heterocycles. The molecule has 0 saturated carbocycles. The number of aromatic carboxylic acids is 1. The summed E-state index contributed by atoms with van der Waals surface area (Å²) < 4.78 is 17.1. The van der Waals surface area contributed by atoms with Gasteiger partial charge in [-0.05, 0) is 55.3 Å². The van der Waals surface area contributed by atoms with E-state index in [1.165, 1.54) is 48.7 Å². The molecule has 12 heteroatoms. The van der Waals surface area contributed by atoms with Gasteiger partial charge in [0.15, 0.2) is 16.3 Å². The molecule has 206 valence electrons. The minimum Gasteiger partial charge on any atom is -0.478 e. The van der Waals surface area contributed by atoms with Crippen molar-refractivity contribution in [2.24, 2.45) is 4.99 Å². The Kier molecular flexibility index (Phi) is 8.10. The first-order chi connectivity index (χ1) is 19.0. The number of thiazole rings is 1. The van der Waals surface area contributed by atoms with Gasteiger partial charge in [0.25, 0.3) is 5.56 Å². The Hall–Kier alpha value is -4.84. The normalized spacial score (nSPS) is 14.7. The third-order valence-electron chi connectivity index (χ3n) is 5.74. The summed E-state index contributed by atoms with van der Waals surface area (Å²) in [6.45, 7) is 5.78. The average Bonchev–Trinajstić information content (AvgIpc) is 3.18. The predicted molar refractivity (Wildman–Crippen MR) is 143 cm³/mol. The van der Waals surface area contributed by atoms with E-state index in [2.05, 4.69) is 4.99 Å². The van der Waals surface area contributed by atoms with Crippen LogP contribution in [0.2, 0.25) is 0 Å². The topological polar surface area (TPSA) is 151 Å². The van der Waals surface area contributed by atoms with Gasteiger partial charge in [-0.2, -0.15) is 0 Å². The van der Waals surface area contributed by atoms with Crippen LogP contribution in [-0.2, 0) is 19.1 Å². The van der Waals surface area contributed by atoms with Gasteiger partial charge in [-0.15, -0.1) is 0 Å². The summed E-state index contributed by atoms with van der Waals surface area (Å²) >= 11 is 1.06. The standard InChI is InChI=1S/C28H24N2O9S/c1-5-37-27(36)23-14(2)29-28-30(24(23)18-7-6-8-19(13-18)26(34)35)25(33)22(40-28)12-17-9-10-20(38-15(3)31)21(11-17)39-16(4)32/h6-13,24H,5H2,1-4H3,(H,34,35). The quantitative estimate of drug-likeness (QED) is 0.337. The van der Waals surface area contributed by atoms with Crippen LogP contribution in [0.25, 0.3) is 6.08 Å². The monoisotopic (exact) mass is 564 g/mol. The molecule has 0 aliphatic carbocycles. The summed E-state index contributed by atoms with van der Waals surface area (Å²) in [5, 5.41) is 9.53. The zero-order valence-corrected chi connectivity index (χ0v) is 22.7. The molecule has 1 atom stereocenters. The highest BCUT2D eigenvalue weighted by Crippen LogP contribution is 2.32. The van der Waals surface area contributed by atoms with E-state index >= 15 is 0 Å². The van der Waals surface area contributed by atoms with Crippen LogP contribution >= 0.6 is 11.3 Å². The number of carboxylic acids is 1. The van der Waals surface area contributed by atoms with Gasteiger partial charge >= 0.3 is 23.9 Å². The number of hydrogen-bond donors (Lipinski definition) is 1. The number of aromatic nitrogens is 1. The fraction of sp³-hybridized carbons (Fsp3) is 0.214. The Morgan fingerprint density at radius 2 is 1.75 bits per heavy atom. The van der Waals surface area contributed by atoms with Gasteiger partial charge in [-0.3, -0.25) is 19.0 Å². The van der Waals surface area contributed by atoms with Crippen LogP contribution in [0.3, 0.4) is 0 Å². The van der Waals surface area contributed by atoms with Crippen molar-refractivity contribution < 1.29 is 38.5 Å². The third-order valence-corrected chi connectivity index (χ3v) is 6.72. The number of rotatable bonds is 7. The Labute approximate surface area is 231 Å². The number of allylic oxidation sites excluding steroid dienone is 1. The fourth-order valence-corrected chi connectivity index (χ4v) is 5.23. The molecule has 0 bridgehead atoms. The maximum absolute atomic E-state index is 13.8. The van der Waals surface area contributed by atoms with E-state index in [1.807, 2.05) is 0 Å². The van der Waals surface area contributed by atoms with Crippen molar-refractivity contribution in [3.8, 4) is 11.5 Å². The molecule has 3 aromatic rings. The van der Waals surface area contributed by atoms with E-state index in [0.717, 1.165) is 11.3 Å². The molecule has 0 amide bonds. The molecule has 2 aromatic carbocycles. The lowest BCUT2D eigenvalue weighted by atomic mass is 9.94. The lowest BCUT2D eigenvalue weighted by molar-refractivity contribution is -0.139. The lowest BCUT2D eigenvalue weighted by Crippen LogP contribution is -2.40.